The lowest BCUT2D eigenvalue weighted by Gasteiger charge is -2.21. The molecule has 0 aromatic heterocycles. The summed E-state index contributed by atoms with van der Waals surface area (Å²) in [5.74, 6) is 0.118. The minimum atomic E-state index is 0.118. The SMILES string of the molecule is CC(=O)NC1CCCCC1. The fraction of sp³-hybridized carbons (Fsp3) is 0.875. The summed E-state index contributed by atoms with van der Waals surface area (Å²) in [5.41, 5.74) is 0. The fourth-order valence-corrected chi connectivity index (χ4v) is 1.53. The van der Waals surface area contributed by atoms with Crippen LogP contribution in [0.2, 0.25) is 0 Å². The van der Waals surface area contributed by atoms with Gasteiger partial charge in [0.05, 0.1) is 0 Å². The molecule has 0 radical (unpaired) electrons. The number of nitrogens with one attached hydrogen (secondary N) is 1. The van der Waals surface area contributed by atoms with E-state index in [1.165, 1.54) is 32.1 Å². The highest BCUT2D eigenvalue weighted by Crippen LogP contribution is 2.16. The fourth-order valence-electron chi connectivity index (χ4n) is 1.53. The van der Waals surface area contributed by atoms with Gasteiger partial charge in [-0.3, -0.25) is 4.79 Å². The van der Waals surface area contributed by atoms with Gasteiger partial charge < -0.3 is 5.32 Å². The second kappa shape index (κ2) is 3.59. The summed E-state index contributed by atoms with van der Waals surface area (Å²) in [5, 5.41) is 2.94. The van der Waals surface area contributed by atoms with E-state index in [1.54, 1.807) is 6.92 Å². The van der Waals surface area contributed by atoms with Gasteiger partial charge in [0, 0.05) is 13.0 Å². The maximum atomic E-state index is 10.6. The summed E-state index contributed by atoms with van der Waals surface area (Å²) in [6.07, 6.45) is 6.27. The van der Waals surface area contributed by atoms with Crippen LogP contribution in [0.15, 0.2) is 0 Å². The monoisotopic (exact) mass is 141 g/mol. The lowest BCUT2D eigenvalue weighted by Crippen LogP contribution is -2.34. The van der Waals surface area contributed by atoms with Crippen molar-refractivity contribution in [3.63, 3.8) is 0 Å². The van der Waals surface area contributed by atoms with Gasteiger partial charge in [0.15, 0.2) is 0 Å². The van der Waals surface area contributed by atoms with E-state index in [0.717, 1.165) is 0 Å². The van der Waals surface area contributed by atoms with Crippen LogP contribution in [0.4, 0.5) is 0 Å². The van der Waals surface area contributed by atoms with Crippen LogP contribution < -0.4 is 5.32 Å². The maximum Gasteiger partial charge on any atom is 0.217 e. The second-order valence-corrected chi connectivity index (χ2v) is 3.04. The zero-order chi connectivity index (χ0) is 7.40. The molecule has 58 valence electrons. The molecule has 0 unspecified atom stereocenters. The van der Waals surface area contributed by atoms with Crippen molar-refractivity contribution in [2.45, 2.75) is 45.1 Å². The number of carbonyl (C=O) groups excluding carboxylic acids is 1. The highest BCUT2D eigenvalue weighted by atomic mass is 16.1. The third kappa shape index (κ3) is 2.38. The maximum absolute atomic E-state index is 10.6. The van der Waals surface area contributed by atoms with Crippen molar-refractivity contribution in [3.05, 3.63) is 0 Å². The van der Waals surface area contributed by atoms with Gasteiger partial charge in [0.1, 0.15) is 0 Å². The Kier molecular flexibility index (Phi) is 2.72. The normalized spacial score (nSPS) is 20.5. The van der Waals surface area contributed by atoms with E-state index in [-0.39, 0.29) is 5.91 Å². The van der Waals surface area contributed by atoms with Crippen LogP contribution in [0, 0.1) is 0 Å². The summed E-state index contributed by atoms with van der Waals surface area (Å²) in [4.78, 5) is 10.6. The first-order chi connectivity index (χ1) is 4.79. The highest BCUT2D eigenvalue weighted by molar-refractivity contribution is 5.73. The zero-order valence-corrected chi connectivity index (χ0v) is 6.52. The molecule has 0 spiro atoms. The molecule has 0 heterocycles. The zero-order valence-electron chi connectivity index (χ0n) is 6.52. The molecule has 0 aromatic rings. The molecule has 1 saturated carbocycles. The number of amides is 1. The molecule has 1 rings (SSSR count). The molecule has 0 bridgehead atoms. The number of rotatable bonds is 1. The summed E-state index contributed by atoms with van der Waals surface area (Å²) < 4.78 is 0. The molecule has 0 aromatic carbocycles. The first-order valence-electron chi connectivity index (χ1n) is 4.06. The lowest BCUT2D eigenvalue weighted by atomic mass is 9.95. The van der Waals surface area contributed by atoms with Crippen molar-refractivity contribution in [1.29, 1.82) is 0 Å². The molecule has 0 aliphatic heterocycles. The highest BCUT2D eigenvalue weighted by Gasteiger charge is 2.12. The van der Waals surface area contributed by atoms with Gasteiger partial charge in [-0.15, -0.1) is 0 Å². The molecular weight excluding hydrogens is 126 g/mol. The van der Waals surface area contributed by atoms with Crippen LogP contribution in [0.25, 0.3) is 0 Å². The van der Waals surface area contributed by atoms with E-state index in [2.05, 4.69) is 5.32 Å². The summed E-state index contributed by atoms with van der Waals surface area (Å²) >= 11 is 0. The Hall–Kier alpha value is -0.530. The average molecular weight is 141 g/mol. The molecule has 0 saturated heterocycles. The molecule has 1 fully saturated rings. The number of carbonyl (C=O) groups is 1. The van der Waals surface area contributed by atoms with E-state index < -0.39 is 0 Å². The van der Waals surface area contributed by atoms with Gasteiger partial charge in [-0.2, -0.15) is 0 Å². The molecule has 1 N–H and O–H groups in total. The van der Waals surface area contributed by atoms with Crippen molar-refractivity contribution >= 4 is 5.91 Å². The first kappa shape index (κ1) is 7.58. The van der Waals surface area contributed by atoms with Crippen LogP contribution in [-0.4, -0.2) is 11.9 Å². The Bertz CT molecular complexity index is 116. The molecule has 10 heavy (non-hydrogen) atoms. The molecule has 1 aliphatic carbocycles. The first-order valence-corrected chi connectivity index (χ1v) is 4.06. The molecule has 1 aliphatic rings. The molecule has 1 amide bonds. The number of hydrogen-bond donors (Lipinski definition) is 1. The Morgan fingerprint density at radius 1 is 1.30 bits per heavy atom. The summed E-state index contributed by atoms with van der Waals surface area (Å²) in [7, 11) is 0. The quantitative estimate of drug-likeness (QED) is 0.588. The summed E-state index contributed by atoms with van der Waals surface area (Å²) in [6.45, 7) is 1.59. The van der Waals surface area contributed by atoms with Gasteiger partial charge >= 0.3 is 0 Å². The van der Waals surface area contributed by atoms with Crippen molar-refractivity contribution in [2.75, 3.05) is 0 Å². The lowest BCUT2D eigenvalue weighted by molar-refractivity contribution is -0.119. The Labute approximate surface area is 62.0 Å². The predicted octanol–water partition coefficient (Wildman–Crippen LogP) is 1.46. The van der Waals surface area contributed by atoms with Gasteiger partial charge in [-0.05, 0) is 12.8 Å². The molecule has 0 atom stereocenters. The molecule has 2 nitrogen and oxygen atoms in total. The summed E-state index contributed by atoms with van der Waals surface area (Å²) in [6, 6.07) is 0.478. The molecular formula is C8H15NO. The standard InChI is InChI=1S/C8H15NO/c1-7(10)9-8-5-3-2-4-6-8/h8H,2-6H2,1H3,(H,9,10). The van der Waals surface area contributed by atoms with E-state index in [1.807, 2.05) is 0 Å². The van der Waals surface area contributed by atoms with Crippen molar-refractivity contribution in [1.82, 2.24) is 5.32 Å². The van der Waals surface area contributed by atoms with E-state index in [4.69, 9.17) is 0 Å². The van der Waals surface area contributed by atoms with Crippen LogP contribution in [0.5, 0.6) is 0 Å². The topological polar surface area (TPSA) is 29.1 Å². The predicted molar refractivity (Wildman–Crippen MR) is 40.7 cm³/mol. The molecule has 2 heteroatoms. The largest absolute Gasteiger partial charge is 0.354 e. The van der Waals surface area contributed by atoms with Crippen molar-refractivity contribution in [2.24, 2.45) is 0 Å². The van der Waals surface area contributed by atoms with Gasteiger partial charge in [-0.25, -0.2) is 0 Å². The van der Waals surface area contributed by atoms with Crippen molar-refractivity contribution in [3.8, 4) is 0 Å². The van der Waals surface area contributed by atoms with Gasteiger partial charge in [-0.1, -0.05) is 19.3 Å². The average Bonchev–Trinajstić information content (AvgIpc) is 1.88. The Balaban J connectivity index is 2.19. The van der Waals surface area contributed by atoms with Crippen LogP contribution >= 0.6 is 0 Å². The van der Waals surface area contributed by atoms with E-state index in [0.29, 0.717) is 6.04 Å². The van der Waals surface area contributed by atoms with Crippen LogP contribution in [0.1, 0.15) is 39.0 Å². The van der Waals surface area contributed by atoms with E-state index in [9.17, 15) is 4.79 Å². The number of hydrogen-bond acceptors (Lipinski definition) is 1. The Morgan fingerprint density at radius 2 is 1.90 bits per heavy atom. The van der Waals surface area contributed by atoms with Crippen LogP contribution in [-0.2, 0) is 4.79 Å². The van der Waals surface area contributed by atoms with Crippen LogP contribution in [0.3, 0.4) is 0 Å². The van der Waals surface area contributed by atoms with Gasteiger partial charge in [0.25, 0.3) is 0 Å². The van der Waals surface area contributed by atoms with E-state index >= 15 is 0 Å². The smallest absolute Gasteiger partial charge is 0.217 e. The third-order valence-electron chi connectivity index (χ3n) is 2.01. The van der Waals surface area contributed by atoms with Gasteiger partial charge in [0.2, 0.25) is 5.91 Å². The minimum Gasteiger partial charge on any atom is -0.354 e. The second-order valence-electron chi connectivity index (χ2n) is 3.04. The minimum absolute atomic E-state index is 0.118. The third-order valence-corrected chi connectivity index (χ3v) is 2.01. The van der Waals surface area contributed by atoms with Crippen molar-refractivity contribution < 1.29 is 4.79 Å². The Morgan fingerprint density at radius 3 is 2.40 bits per heavy atom.